The zero-order chi connectivity index (χ0) is 13.2. The van der Waals surface area contributed by atoms with E-state index < -0.39 is 0 Å². The van der Waals surface area contributed by atoms with Crippen LogP contribution in [-0.4, -0.2) is 15.0 Å². The number of hydrazine groups is 1. The minimum absolute atomic E-state index is 0.672. The third kappa shape index (κ3) is 2.06. The molecule has 0 unspecified atom stereocenters. The van der Waals surface area contributed by atoms with Gasteiger partial charge in [0.15, 0.2) is 5.82 Å². The van der Waals surface area contributed by atoms with Crippen molar-refractivity contribution < 1.29 is 0 Å². The van der Waals surface area contributed by atoms with Crippen molar-refractivity contribution in [1.29, 1.82) is 0 Å². The topological polar surface area (TPSA) is 76.7 Å². The molecule has 98 valence electrons. The fourth-order valence-corrected chi connectivity index (χ4v) is 2.58. The van der Waals surface area contributed by atoms with E-state index in [-0.39, 0.29) is 0 Å². The normalized spacial score (nSPS) is 13.4. The highest BCUT2D eigenvalue weighted by Crippen LogP contribution is 2.29. The summed E-state index contributed by atoms with van der Waals surface area (Å²) in [7, 11) is 0. The van der Waals surface area contributed by atoms with E-state index in [0.717, 1.165) is 54.0 Å². The highest BCUT2D eigenvalue weighted by Gasteiger charge is 2.20. The Balaban J connectivity index is 2.15. The number of pyridine rings is 1. The fourth-order valence-electron chi connectivity index (χ4n) is 2.58. The molecule has 1 aliphatic carbocycles. The molecule has 19 heavy (non-hydrogen) atoms. The van der Waals surface area contributed by atoms with E-state index in [4.69, 9.17) is 5.84 Å². The summed E-state index contributed by atoms with van der Waals surface area (Å²) in [6.07, 6.45) is 5.80. The van der Waals surface area contributed by atoms with E-state index >= 15 is 0 Å². The zero-order valence-corrected chi connectivity index (χ0v) is 11.0. The third-order valence-electron chi connectivity index (χ3n) is 3.55. The van der Waals surface area contributed by atoms with Gasteiger partial charge in [0.25, 0.3) is 0 Å². The molecule has 0 bridgehead atoms. The molecule has 0 aromatic carbocycles. The standard InChI is InChI=1S/C14H17N5/c1-2-9-5-4-8-16-12(9)14-17-11-7-3-6-10(11)13(18-14)19-15/h4-5,8H,2-3,6-7,15H2,1H3,(H,17,18,19). The van der Waals surface area contributed by atoms with Gasteiger partial charge >= 0.3 is 0 Å². The quantitative estimate of drug-likeness (QED) is 0.647. The number of nitrogen functional groups attached to an aromatic ring is 1. The molecule has 0 amide bonds. The molecule has 0 saturated heterocycles. The van der Waals surface area contributed by atoms with Gasteiger partial charge in [0, 0.05) is 17.5 Å². The molecule has 3 rings (SSSR count). The monoisotopic (exact) mass is 255 g/mol. The SMILES string of the molecule is CCc1cccnc1-c1nc2c(c(NN)n1)CCC2. The summed E-state index contributed by atoms with van der Waals surface area (Å²) in [5, 5.41) is 0. The third-order valence-corrected chi connectivity index (χ3v) is 3.55. The van der Waals surface area contributed by atoms with Crippen LogP contribution >= 0.6 is 0 Å². The summed E-state index contributed by atoms with van der Waals surface area (Å²) < 4.78 is 0. The van der Waals surface area contributed by atoms with Crippen LogP contribution in [0.25, 0.3) is 11.5 Å². The largest absolute Gasteiger partial charge is 0.308 e. The first-order valence-corrected chi connectivity index (χ1v) is 6.64. The molecule has 0 atom stereocenters. The number of nitrogens with one attached hydrogen (secondary N) is 1. The highest BCUT2D eigenvalue weighted by molar-refractivity contribution is 5.60. The van der Waals surface area contributed by atoms with Crippen LogP contribution in [-0.2, 0) is 19.3 Å². The number of anilines is 1. The van der Waals surface area contributed by atoms with Crippen LogP contribution in [0, 0.1) is 0 Å². The molecule has 0 spiro atoms. The highest BCUT2D eigenvalue weighted by atomic mass is 15.3. The van der Waals surface area contributed by atoms with E-state index in [1.807, 2.05) is 6.07 Å². The van der Waals surface area contributed by atoms with E-state index in [0.29, 0.717) is 5.82 Å². The molecule has 0 saturated carbocycles. The molecule has 0 fully saturated rings. The van der Waals surface area contributed by atoms with E-state index in [9.17, 15) is 0 Å². The summed E-state index contributed by atoms with van der Waals surface area (Å²) in [5.74, 6) is 6.99. The lowest BCUT2D eigenvalue weighted by atomic mass is 10.1. The molecule has 2 heterocycles. The first-order chi connectivity index (χ1) is 9.33. The smallest absolute Gasteiger partial charge is 0.180 e. The lowest BCUT2D eigenvalue weighted by Gasteiger charge is -2.10. The number of hydrogen-bond donors (Lipinski definition) is 2. The van der Waals surface area contributed by atoms with Crippen molar-refractivity contribution in [2.75, 3.05) is 5.43 Å². The van der Waals surface area contributed by atoms with E-state index in [1.165, 1.54) is 0 Å². The number of aromatic nitrogens is 3. The Hall–Kier alpha value is -2.01. The van der Waals surface area contributed by atoms with Crippen molar-refractivity contribution in [2.45, 2.75) is 32.6 Å². The summed E-state index contributed by atoms with van der Waals surface area (Å²) in [5.41, 5.74) is 6.97. The Kier molecular flexibility index (Phi) is 3.13. The maximum Gasteiger partial charge on any atom is 0.180 e. The molecular weight excluding hydrogens is 238 g/mol. The van der Waals surface area contributed by atoms with Crippen LogP contribution < -0.4 is 11.3 Å². The van der Waals surface area contributed by atoms with Gasteiger partial charge in [0.2, 0.25) is 0 Å². The molecule has 0 aliphatic heterocycles. The number of aryl methyl sites for hydroxylation is 2. The predicted octanol–water partition coefficient (Wildman–Crippen LogP) is 1.88. The summed E-state index contributed by atoms with van der Waals surface area (Å²) in [6, 6.07) is 4.01. The minimum Gasteiger partial charge on any atom is -0.308 e. The van der Waals surface area contributed by atoms with Gasteiger partial charge in [-0.3, -0.25) is 4.98 Å². The second-order valence-electron chi connectivity index (χ2n) is 4.68. The van der Waals surface area contributed by atoms with Gasteiger partial charge in [0.1, 0.15) is 11.5 Å². The number of nitrogens with zero attached hydrogens (tertiary/aromatic N) is 3. The Morgan fingerprint density at radius 3 is 3.00 bits per heavy atom. The molecule has 0 radical (unpaired) electrons. The fraction of sp³-hybridized carbons (Fsp3) is 0.357. The van der Waals surface area contributed by atoms with Crippen LogP contribution in [0.5, 0.6) is 0 Å². The van der Waals surface area contributed by atoms with Crippen molar-refractivity contribution in [3.63, 3.8) is 0 Å². The van der Waals surface area contributed by atoms with Crippen molar-refractivity contribution in [3.8, 4) is 11.5 Å². The van der Waals surface area contributed by atoms with Crippen molar-refractivity contribution in [1.82, 2.24) is 15.0 Å². The average molecular weight is 255 g/mol. The number of rotatable bonds is 3. The van der Waals surface area contributed by atoms with Gasteiger partial charge in [-0.2, -0.15) is 0 Å². The Bertz CT molecular complexity index is 609. The van der Waals surface area contributed by atoms with Gasteiger partial charge in [0.05, 0.1) is 0 Å². The van der Waals surface area contributed by atoms with Gasteiger partial charge in [-0.25, -0.2) is 15.8 Å². The summed E-state index contributed by atoms with van der Waals surface area (Å²) in [6.45, 7) is 2.11. The van der Waals surface area contributed by atoms with Crippen molar-refractivity contribution >= 4 is 5.82 Å². The van der Waals surface area contributed by atoms with E-state index in [1.54, 1.807) is 6.20 Å². The van der Waals surface area contributed by atoms with Gasteiger partial charge in [-0.15, -0.1) is 0 Å². The summed E-state index contributed by atoms with van der Waals surface area (Å²) in [4.78, 5) is 13.6. The molecule has 3 N–H and O–H groups in total. The lowest BCUT2D eigenvalue weighted by Crippen LogP contribution is -2.13. The second kappa shape index (κ2) is 4.93. The zero-order valence-electron chi connectivity index (χ0n) is 11.0. The Morgan fingerprint density at radius 2 is 2.21 bits per heavy atom. The molecule has 2 aromatic rings. The van der Waals surface area contributed by atoms with Gasteiger partial charge < -0.3 is 5.43 Å². The average Bonchev–Trinajstić information content (AvgIpc) is 2.94. The minimum atomic E-state index is 0.672. The first kappa shape index (κ1) is 12.0. The summed E-state index contributed by atoms with van der Waals surface area (Å²) >= 11 is 0. The van der Waals surface area contributed by atoms with Crippen LogP contribution in [0.3, 0.4) is 0 Å². The molecule has 5 heteroatoms. The number of hydrogen-bond acceptors (Lipinski definition) is 5. The van der Waals surface area contributed by atoms with Crippen LogP contribution in [0.15, 0.2) is 18.3 Å². The van der Waals surface area contributed by atoms with Crippen LogP contribution in [0.1, 0.15) is 30.2 Å². The van der Waals surface area contributed by atoms with Crippen LogP contribution in [0.2, 0.25) is 0 Å². The molecule has 5 nitrogen and oxygen atoms in total. The maximum atomic E-state index is 5.58. The van der Waals surface area contributed by atoms with Crippen molar-refractivity contribution in [3.05, 3.63) is 35.2 Å². The van der Waals surface area contributed by atoms with Crippen LogP contribution in [0.4, 0.5) is 5.82 Å². The second-order valence-corrected chi connectivity index (χ2v) is 4.68. The predicted molar refractivity (Wildman–Crippen MR) is 74.5 cm³/mol. The maximum absolute atomic E-state index is 5.58. The number of nitrogens with two attached hydrogens (primary N) is 1. The van der Waals surface area contributed by atoms with E-state index in [2.05, 4.69) is 33.4 Å². The van der Waals surface area contributed by atoms with Gasteiger partial charge in [-0.1, -0.05) is 13.0 Å². The molecule has 2 aromatic heterocycles. The lowest BCUT2D eigenvalue weighted by molar-refractivity contribution is 0.899. The Labute approximate surface area is 112 Å². The molecule has 1 aliphatic rings. The first-order valence-electron chi connectivity index (χ1n) is 6.64. The Morgan fingerprint density at radius 1 is 1.32 bits per heavy atom. The molecular formula is C14H17N5. The van der Waals surface area contributed by atoms with Gasteiger partial charge in [-0.05, 0) is 37.3 Å². The van der Waals surface area contributed by atoms with Crippen molar-refractivity contribution in [2.24, 2.45) is 5.84 Å². The number of fused-ring (bicyclic) bond motifs is 1.